The second-order valence-electron chi connectivity index (χ2n) is 12.9. The largest absolute Gasteiger partial charge is 0.462 e. The maximum atomic E-state index is 12.7. The highest BCUT2D eigenvalue weighted by Crippen LogP contribution is 2.11. The molecule has 0 aromatic carbocycles. The van der Waals surface area contributed by atoms with E-state index >= 15 is 0 Å². The van der Waals surface area contributed by atoms with Gasteiger partial charge in [0.05, 0.1) is 6.42 Å². The summed E-state index contributed by atoms with van der Waals surface area (Å²) >= 11 is 0. The van der Waals surface area contributed by atoms with Crippen molar-refractivity contribution in [3.05, 3.63) is 122 Å². The standard InChI is InChI=1S/C48H72O6/c1-4-7-10-13-16-19-21-23-24-25-27-29-32-35-38-41-47(50)53-44-45(43-52-46(49)40-37-34-31-28-18-15-12-9-6-3)54-48(51)42-39-36-33-30-26-22-20-17-14-11-8-5-2/h7-13,16-21,23-25,27-28,34,37,45H,4-6,14-15,22,26,29-33,35-36,38-44H2,1-3H3/b10-7-,11-8-,12-9-,16-13-,20-17-,21-19-,24-23-,27-25-,28-18-,37-34-. The number of rotatable bonds is 34. The molecule has 6 nitrogen and oxygen atoms in total. The Hall–Kier alpha value is -4.19. The van der Waals surface area contributed by atoms with Gasteiger partial charge in [-0.1, -0.05) is 168 Å². The quantitative estimate of drug-likeness (QED) is 0.0215. The fourth-order valence-electron chi connectivity index (χ4n) is 4.85. The maximum Gasteiger partial charge on any atom is 0.309 e. The molecule has 0 aliphatic carbocycles. The van der Waals surface area contributed by atoms with Crippen LogP contribution < -0.4 is 0 Å². The predicted octanol–water partition coefficient (Wildman–Crippen LogP) is 13.0. The van der Waals surface area contributed by atoms with Crippen LogP contribution in [0.4, 0.5) is 0 Å². The van der Waals surface area contributed by atoms with Gasteiger partial charge in [0.2, 0.25) is 0 Å². The lowest BCUT2D eigenvalue weighted by atomic mass is 10.1. The molecule has 0 aliphatic heterocycles. The third-order valence-corrected chi connectivity index (χ3v) is 7.85. The van der Waals surface area contributed by atoms with Crippen molar-refractivity contribution >= 4 is 17.9 Å². The zero-order valence-electron chi connectivity index (χ0n) is 33.9. The Morgan fingerprint density at radius 2 is 0.833 bits per heavy atom. The normalized spacial score (nSPS) is 13.3. The minimum absolute atomic E-state index is 0.118. The molecule has 0 spiro atoms. The molecule has 1 unspecified atom stereocenters. The SMILES string of the molecule is CC\C=C/C=C\C=C/C=C\C=C/CCCCCC(=O)OCC(COC(=O)C/C=C\C/C=C\C/C=C\CC)OC(=O)CCCCCCC/C=C\C/C=C\CC. The molecule has 0 saturated heterocycles. The number of hydrogen-bond acceptors (Lipinski definition) is 6. The lowest BCUT2D eigenvalue weighted by Gasteiger charge is -2.18. The average Bonchev–Trinajstić information content (AvgIpc) is 3.17. The van der Waals surface area contributed by atoms with Gasteiger partial charge in [0.1, 0.15) is 13.2 Å². The number of esters is 3. The van der Waals surface area contributed by atoms with E-state index in [2.05, 4.69) is 81.5 Å². The Bertz CT molecular complexity index is 1220. The molecule has 300 valence electrons. The van der Waals surface area contributed by atoms with Gasteiger partial charge in [-0.2, -0.15) is 0 Å². The highest BCUT2D eigenvalue weighted by atomic mass is 16.6. The summed E-state index contributed by atoms with van der Waals surface area (Å²) in [5, 5.41) is 0. The molecule has 6 heteroatoms. The second-order valence-corrected chi connectivity index (χ2v) is 12.9. The van der Waals surface area contributed by atoms with Crippen LogP contribution in [0.1, 0.15) is 143 Å². The van der Waals surface area contributed by atoms with Crippen LogP contribution in [0.25, 0.3) is 0 Å². The van der Waals surface area contributed by atoms with E-state index < -0.39 is 12.1 Å². The lowest BCUT2D eigenvalue weighted by Crippen LogP contribution is -2.30. The molecule has 54 heavy (non-hydrogen) atoms. The van der Waals surface area contributed by atoms with E-state index in [1.165, 1.54) is 0 Å². The van der Waals surface area contributed by atoms with Crippen LogP contribution in [0.15, 0.2) is 122 Å². The Kier molecular flexibility index (Phi) is 38.3. The van der Waals surface area contributed by atoms with Crippen molar-refractivity contribution in [1.29, 1.82) is 0 Å². The van der Waals surface area contributed by atoms with E-state index in [1.807, 2.05) is 54.7 Å². The summed E-state index contributed by atoms with van der Waals surface area (Å²) < 4.78 is 16.5. The third kappa shape index (κ3) is 39.0. The van der Waals surface area contributed by atoms with Crippen molar-refractivity contribution in [3.63, 3.8) is 0 Å². The zero-order chi connectivity index (χ0) is 39.4. The van der Waals surface area contributed by atoms with Crippen molar-refractivity contribution < 1.29 is 28.6 Å². The molecule has 0 aromatic heterocycles. The average molecular weight is 745 g/mol. The second kappa shape index (κ2) is 41.6. The molecule has 0 heterocycles. The fourth-order valence-corrected chi connectivity index (χ4v) is 4.85. The first-order valence-corrected chi connectivity index (χ1v) is 20.6. The van der Waals surface area contributed by atoms with Crippen LogP contribution >= 0.6 is 0 Å². The molecular formula is C48H72O6. The first-order valence-electron chi connectivity index (χ1n) is 20.6. The molecule has 0 bridgehead atoms. The number of ether oxygens (including phenoxy) is 3. The van der Waals surface area contributed by atoms with Gasteiger partial charge in [0, 0.05) is 12.8 Å². The van der Waals surface area contributed by atoms with Crippen LogP contribution in [0.5, 0.6) is 0 Å². The van der Waals surface area contributed by atoms with Crippen LogP contribution in [0.2, 0.25) is 0 Å². The van der Waals surface area contributed by atoms with Gasteiger partial charge >= 0.3 is 17.9 Å². The van der Waals surface area contributed by atoms with Crippen molar-refractivity contribution in [2.24, 2.45) is 0 Å². The molecule has 0 radical (unpaired) electrons. The molecule has 0 fully saturated rings. The molecule has 0 saturated carbocycles. The number of unbranched alkanes of at least 4 members (excludes halogenated alkanes) is 8. The van der Waals surface area contributed by atoms with Gasteiger partial charge in [0.25, 0.3) is 0 Å². The van der Waals surface area contributed by atoms with Gasteiger partial charge < -0.3 is 14.2 Å². The van der Waals surface area contributed by atoms with E-state index in [0.29, 0.717) is 6.42 Å². The van der Waals surface area contributed by atoms with Gasteiger partial charge in [-0.15, -0.1) is 0 Å². The first-order chi connectivity index (χ1) is 26.5. The number of allylic oxidation sites excluding steroid dienone is 19. The predicted molar refractivity (Wildman–Crippen MR) is 228 cm³/mol. The molecule has 0 amide bonds. The Morgan fingerprint density at radius 1 is 0.407 bits per heavy atom. The Balaban J connectivity index is 4.58. The van der Waals surface area contributed by atoms with E-state index in [4.69, 9.17) is 14.2 Å². The van der Waals surface area contributed by atoms with E-state index in [9.17, 15) is 14.4 Å². The van der Waals surface area contributed by atoms with E-state index in [-0.39, 0.29) is 44.4 Å². The lowest BCUT2D eigenvalue weighted by molar-refractivity contribution is -0.166. The van der Waals surface area contributed by atoms with Crippen molar-refractivity contribution in [3.8, 4) is 0 Å². The summed E-state index contributed by atoms with van der Waals surface area (Å²) in [5.41, 5.74) is 0. The molecular weight excluding hydrogens is 673 g/mol. The third-order valence-electron chi connectivity index (χ3n) is 7.85. The fraction of sp³-hybridized carbons (Fsp3) is 0.521. The summed E-state index contributed by atoms with van der Waals surface area (Å²) in [6.45, 7) is 6.06. The Morgan fingerprint density at radius 3 is 1.44 bits per heavy atom. The van der Waals surface area contributed by atoms with Gasteiger partial charge in [-0.3, -0.25) is 14.4 Å². The zero-order valence-corrected chi connectivity index (χ0v) is 33.9. The minimum Gasteiger partial charge on any atom is -0.462 e. The summed E-state index contributed by atoms with van der Waals surface area (Å²) in [6, 6.07) is 0. The summed E-state index contributed by atoms with van der Waals surface area (Å²) in [5.74, 6) is -1.14. The molecule has 1 atom stereocenters. The number of carbonyl (C=O) groups is 3. The first kappa shape index (κ1) is 49.8. The van der Waals surface area contributed by atoms with Gasteiger partial charge in [-0.25, -0.2) is 0 Å². The smallest absolute Gasteiger partial charge is 0.309 e. The van der Waals surface area contributed by atoms with E-state index in [0.717, 1.165) is 96.3 Å². The monoisotopic (exact) mass is 745 g/mol. The van der Waals surface area contributed by atoms with Crippen molar-refractivity contribution in [2.45, 2.75) is 149 Å². The molecule has 0 aromatic rings. The number of carbonyl (C=O) groups excluding carboxylic acids is 3. The number of hydrogen-bond donors (Lipinski definition) is 0. The van der Waals surface area contributed by atoms with Crippen LogP contribution in [0.3, 0.4) is 0 Å². The molecule has 0 aliphatic rings. The highest BCUT2D eigenvalue weighted by molar-refractivity contribution is 5.72. The van der Waals surface area contributed by atoms with Crippen molar-refractivity contribution in [1.82, 2.24) is 0 Å². The highest BCUT2D eigenvalue weighted by Gasteiger charge is 2.19. The van der Waals surface area contributed by atoms with Crippen molar-refractivity contribution in [2.75, 3.05) is 13.2 Å². The minimum atomic E-state index is -0.839. The topological polar surface area (TPSA) is 78.9 Å². The Labute approximate surface area is 329 Å². The summed E-state index contributed by atoms with van der Waals surface area (Å²) in [7, 11) is 0. The van der Waals surface area contributed by atoms with Gasteiger partial charge in [0.15, 0.2) is 6.10 Å². The van der Waals surface area contributed by atoms with E-state index in [1.54, 1.807) is 6.08 Å². The van der Waals surface area contributed by atoms with Crippen LogP contribution in [-0.2, 0) is 28.6 Å². The molecule has 0 rings (SSSR count). The summed E-state index contributed by atoms with van der Waals surface area (Å²) in [4.78, 5) is 37.5. The maximum absolute atomic E-state index is 12.7. The summed E-state index contributed by atoms with van der Waals surface area (Å²) in [6.07, 6.45) is 56.4. The van der Waals surface area contributed by atoms with Crippen LogP contribution in [0, 0.1) is 0 Å². The van der Waals surface area contributed by atoms with Gasteiger partial charge in [-0.05, 0) is 77.0 Å². The van der Waals surface area contributed by atoms with Crippen LogP contribution in [-0.4, -0.2) is 37.2 Å². The molecule has 0 N–H and O–H groups in total.